The first-order valence-electron chi connectivity index (χ1n) is 3.74. The molecule has 1 aromatic heterocycles. The molecule has 0 bridgehead atoms. The van der Waals surface area contributed by atoms with Crippen LogP contribution in [0, 0.1) is 0 Å². The van der Waals surface area contributed by atoms with Crippen LogP contribution in [0.3, 0.4) is 0 Å². The molecule has 4 heteroatoms. The van der Waals surface area contributed by atoms with Gasteiger partial charge in [0, 0.05) is 18.3 Å². The Hall–Kier alpha value is -0.450. The molecular weight excluding hydrogens is 218 g/mol. The van der Waals surface area contributed by atoms with E-state index in [1.165, 1.54) is 0 Å². The largest absolute Gasteiger partial charge is 0.326 e. The van der Waals surface area contributed by atoms with Gasteiger partial charge in [0.2, 0.25) is 0 Å². The molecule has 1 rings (SSSR count). The van der Waals surface area contributed by atoms with Gasteiger partial charge in [0.05, 0.1) is 0 Å². The molecule has 0 radical (unpaired) electrons. The lowest BCUT2D eigenvalue weighted by Crippen LogP contribution is -2.31. The van der Waals surface area contributed by atoms with Gasteiger partial charge in [0.1, 0.15) is 4.60 Å². The smallest absolute Gasteiger partial charge is 0.106 e. The molecule has 0 aliphatic heterocycles. The minimum atomic E-state index is -0.134. The van der Waals surface area contributed by atoms with Crippen LogP contribution < -0.4 is 11.5 Å². The second kappa shape index (κ2) is 3.98. The maximum Gasteiger partial charge on any atom is 0.106 e. The van der Waals surface area contributed by atoms with Crippen molar-refractivity contribution in [3.05, 3.63) is 28.5 Å². The molecular formula is C8H12BrN3. The van der Waals surface area contributed by atoms with Crippen molar-refractivity contribution in [2.24, 2.45) is 11.5 Å². The number of halogens is 1. The first-order valence-corrected chi connectivity index (χ1v) is 4.53. The predicted octanol–water partition coefficient (Wildman–Crippen LogP) is 1.19. The molecule has 1 heterocycles. The lowest BCUT2D eigenvalue weighted by molar-refractivity contribution is 0.587. The van der Waals surface area contributed by atoms with Gasteiger partial charge in [0.15, 0.2) is 0 Å². The van der Waals surface area contributed by atoms with Crippen LogP contribution in [-0.4, -0.2) is 11.0 Å². The van der Waals surface area contributed by atoms with Crippen LogP contribution in [0.25, 0.3) is 0 Å². The Balaban J connectivity index is 2.82. The number of hydrogen-bond donors (Lipinski definition) is 2. The van der Waals surface area contributed by atoms with Crippen LogP contribution in [0.15, 0.2) is 22.9 Å². The monoisotopic (exact) mass is 229 g/mol. The number of hydrogen-bond acceptors (Lipinski definition) is 3. The van der Waals surface area contributed by atoms with Gasteiger partial charge in [0.25, 0.3) is 0 Å². The minimum Gasteiger partial charge on any atom is -0.326 e. The average Bonchev–Trinajstić information content (AvgIpc) is 2.04. The first kappa shape index (κ1) is 9.64. The summed E-state index contributed by atoms with van der Waals surface area (Å²) in [5, 5.41) is 0. The third-order valence-corrected chi connectivity index (χ3v) is 2.17. The minimum absolute atomic E-state index is 0.0482. The number of nitrogens with two attached hydrogens (primary N) is 2. The van der Waals surface area contributed by atoms with E-state index in [1.54, 1.807) is 6.20 Å². The molecule has 0 aliphatic carbocycles. The van der Waals surface area contributed by atoms with Gasteiger partial charge >= 0.3 is 0 Å². The highest BCUT2D eigenvalue weighted by Crippen LogP contribution is 2.13. The molecule has 66 valence electrons. The zero-order valence-corrected chi connectivity index (χ0v) is 8.45. The molecule has 0 spiro atoms. The van der Waals surface area contributed by atoms with E-state index in [0.717, 1.165) is 10.2 Å². The summed E-state index contributed by atoms with van der Waals surface area (Å²) >= 11 is 3.25. The fourth-order valence-corrected chi connectivity index (χ4v) is 1.12. The van der Waals surface area contributed by atoms with E-state index < -0.39 is 0 Å². The van der Waals surface area contributed by atoms with Gasteiger partial charge in [-0.2, -0.15) is 0 Å². The van der Waals surface area contributed by atoms with E-state index in [9.17, 15) is 0 Å². The molecule has 4 N–H and O–H groups in total. The lowest BCUT2D eigenvalue weighted by Gasteiger charge is -2.14. The van der Waals surface area contributed by atoms with E-state index >= 15 is 0 Å². The third kappa shape index (κ3) is 2.27. The highest BCUT2D eigenvalue weighted by molar-refractivity contribution is 9.10. The van der Waals surface area contributed by atoms with E-state index in [-0.39, 0.29) is 12.1 Å². The van der Waals surface area contributed by atoms with Crippen molar-refractivity contribution < 1.29 is 0 Å². The Morgan fingerprint density at radius 2 is 2.08 bits per heavy atom. The summed E-state index contributed by atoms with van der Waals surface area (Å²) < 4.78 is 0.808. The fraction of sp³-hybridized carbons (Fsp3) is 0.375. The number of rotatable bonds is 2. The van der Waals surface area contributed by atoms with Crippen LogP contribution in [0.2, 0.25) is 0 Å². The molecule has 0 aliphatic rings. The zero-order valence-electron chi connectivity index (χ0n) is 6.87. The summed E-state index contributed by atoms with van der Waals surface area (Å²) in [5.41, 5.74) is 12.4. The van der Waals surface area contributed by atoms with Crippen LogP contribution >= 0.6 is 15.9 Å². The molecule has 0 aromatic carbocycles. The van der Waals surface area contributed by atoms with Crippen molar-refractivity contribution in [2.45, 2.75) is 19.0 Å². The van der Waals surface area contributed by atoms with Gasteiger partial charge in [-0.1, -0.05) is 6.07 Å². The van der Waals surface area contributed by atoms with Crippen LogP contribution in [0.4, 0.5) is 0 Å². The SMILES string of the molecule is C[C@H](N)[C@@H](N)c1ccc(Br)nc1. The first-order chi connectivity index (χ1) is 5.61. The van der Waals surface area contributed by atoms with Crippen molar-refractivity contribution >= 4 is 15.9 Å². The van der Waals surface area contributed by atoms with Crippen molar-refractivity contribution in [1.29, 1.82) is 0 Å². The van der Waals surface area contributed by atoms with Crippen LogP contribution in [0.5, 0.6) is 0 Å². The standard InChI is InChI=1S/C8H12BrN3/c1-5(10)8(11)6-2-3-7(9)12-4-6/h2-5,8H,10-11H2,1H3/t5-,8+/m0/s1. The van der Waals surface area contributed by atoms with Gasteiger partial charge in [-0.15, -0.1) is 0 Å². The quantitative estimate of drug-likeness (QED) is 0.750. The highest BCUT2D eigenvalue weighted by atomic mass is 79.9. The maximum atomic E-state index is 5.81. The van der Waals surface area contributed by atoms with Gasteiger partial charge in [-0.3, -0.25) is 0 Å². The fourth-order valence-electron chi connectivity index (χ4n) is 0.888. The third-order valence-electron chi connectivity index (χ3n) is 1.70. The summed E-state index contributed by atoms with van der Waals surface area (Å²) in [7, 11) is 0. The van der Waals surface area contributed by atoms with E-state index in [1.807, 2.05) is 19.1 Å². The molecule has 0 saturated carbocycles. The number of aromatic nitrogens is 1. The van der Waals surface area contributed by atoms with E-state index in [4.69, 9.17) is 11.5 Å². The second-order valence-corrected chi connectivity index (χ2v) is 3.61. The average molecular weight is 230 g/mol. The van der Waals surface area contributed by atoms with Crippen LogP contribution in [-0.2, 0) is 0 Å². The van der Waals surface area contributed by atoms with E-state index in [0.29, 0.717) is 0 Å². The Bertz CT molecular complexity index is 245. The normalized spacial score (nSPS) is 15.7. The Labute approximate surface area is 80.3 Å². The topological polar surface area (TPSA) is 64.9 Å². The molecule has 0 unspecified atom stereocenters. The molecule has 1 aromatic rings. The molecule has 2 atom stereocenters. The number of pyridine rings is 1. The summed E-state index contributed by atoms with van der Waals surface area (Å²) in [4.78, 5) is 4.06. The van der Waals surface area contributed by atoms with Crippen molar-refractivity contribution in [3.8, 4) is 0 Å². The zero-order chi connectivity index (χ0) is 9.14. The van der Waals surface area contributed by atoms with Crippen molar-refractivity contribution in [3.63, 3.8) is 0 Å². The molecule has 12 heavy (non-hydrogen) atoms. The van der Waals surface area contributed by atoms with Crippen molar-refractivity contribution in [1.82, 2.24) is 4.98 Å². The van der Waals surface area contributed by atoms with Gasteiger partial charge in [-0.25, -0.2) is 4.98 Å². The summed E-state index contributed by atoms with van der Waals surface area (Å²) in [6.45, 7) is 1.88. The molecule has 3 nitrogen and oxygen atoms in total. The van der Waals surface area contributed by atoms with E-state index in [2.05, 4.69) is 20.9 Å². The number of nitrogens with zero attached hydrogens (tertiary/aromatic N) is 1. The Morgan fingerprint density at radius 1 is 1.42 bits per heavy atom. The van der Waals surface area contributed by atoms with Crippen LogP contribution in [0.1, 0.15) is 18.5 Å². The molecule has 0 amide bonds. The Kier molecular flexibility index (Phi) is 3.20. The second-order valence-electron chi connectivity index (χ2n) is 2.80. The summed E-state index contributed by atoms with van der Waals surface area (Å²) in [6, 6.07) is 3.60. The van der Waals surface area contributed by atoms with Crippen molar-refractivity contribution in [2.75, 3.05) is 0 Å². The predicted molar refractivity (Wildman–Crippen MR) is 52.5 cm³/mol. The summed E-state index contributed by atoms with van der Waals surface area (Å²) in [6.07, 6.45) is 1.73. The van der Waals surface area contributed by atoms with Gasteiger partial charge in [-0.05, 0) is 34.5 Å². The molecule has 0 fully saturated rings. The molecule has 0 saturated heterocycles. The lowest BCUT2D eigenvalue weighted by atomic mass is 10.0. The van der Waals surface area contributed by atoms with Gasteiger partial charge < -0.3 is 11.5 Å². The summed E-state index contributed by atoms with van der Waals surface area (Å²) in [5.74, 6) is 0. The Morgan fingerprint density at radius 3 is 2.50 bits per heavy atom. The maximum absolute atomic E-state index is 5.81. The highest BCUT2D eigenvalue weighted by Gasteiger charge is 2.10.